The van der Waals surface area contributed by atoms with E-state index in [4.69, 9.17) is 4.74 Å². The summed E-state index contributed by atoms with van der Waals surface area (Å²) in [5.41, 5.74) is 2.00. The number of ether oxygens (including phenoxy) is 1. The lowest BCUT2D eigenvalue weighted by atomic mass is 10.0. The Balaban J connectivity index is 1.68. The summed E-state index contributed by atoms with van der Waals surface area (Å²) in [6, 6.07) is 3.28. The van der Waals surface area contributed by atoms with Crippen LogP contribution in [0, 0.1) is 0 Å². The summed E-state index contributed by atoms with van der Waals surface area (Å²) in [6.07, 6.45) is 3.94. The Morgan fingerprint density at radius 2 is 2.13 bits per heavy atom. The molecule has 0 aliphatic carbocycles. The molecule has 3 rings (SSSR count). The smallest absolute Gasteiger partial charge is 0.243 e. The molecule has 23 heavy (non-hydrogen) atoms. The van der Waals surface area contributed by atoms with Crippen molar-refractivity contribution in [2.45, 2.75) is 25.9 Å². The SMILES string of the molecule is COc1cc2c(nn1)CCN(C(C)C(=O)Nc1ncccn1)C2. The molecule has 1 unspecified atom stereocenters. The Morgan fingerprint density at radius 1 is 1.35 bits per heavy atom. The van der Waals surface area contributed by atoms with Gasteiger partial charge >= 0.3 is 0 Å². The van der Waals surface area contributed by atoms with E-state index in [1.807, 2.05) is 13.0 Å². The van der Waals surface area contributed by atoms with Crippen LogP contribution in [0.2, 0.25) is 0 Å². The molecule has 2 aromatic rings. The highest BCUT2D eigenvalue weighted by molar-refractivity contribution is 5.93. The van der Waals surface area contributed by atoms with Gasteiger partial charge in [0.05, 0.1) is 18.8 Å². The highest BCUT2D eigenvalue weighted by Gasteiger charge is 2.27. The van der Waals surface area contributed by atoms with E-state index in [0.29, 0.717) is 18.4 Å². The number of aromatic nitrogens is 4. The normalized spacial score (nSPS) is 15.6. The van der Waals surface area contributed by atoms with Crippen molar-refractivity contribution in [2.75, 3.05) is 19.0 Å². The molecule has 1 aliphatic rings. The van der Waals surface area contributed by atoms with Gasteiger partial charge in [0, 0.05) is 38.0 Å². The lowest BCUT2D eigenvalue weighted by Gasteiger charge is -2.31. The number of carbonyl (C=O) groups excluding carboxylic acids is 1. The third kappa shape index (κ3) is 3.42. The highest BCUT2D eigenvalue weighted by Crippen LogP contribution is 2.21. The first-order valence-electron chi connectivity index (χ1n) is 7.39. The summed E-state index contributed by atoms with van der Waals surface area (Å²) in [5, 5.41) is 10.9. The lowest BCUT2D eigenvalue weighted by molar-refractivity contribution is -0.121. The minimum Gasteiger partial charge on any atom is -0.480 e. The maximum atomic E-state index is 12.4. The molecule has 8 heteroatoms. The van der Waals surface area contributed by atoms with E-state index in [2.05, 4.69) is 30.4 Å². The average molecular weight is 314 g/mol. The molecule has 1 amide bonds. The van der Waals surface area contributed by atoms with Crippen LogP contribution in [0.15, 0.2) is 24.5 Å². The van der Waals surface area contributed by atoms with Gasteiger partial charge in [0.25, 0.3) is 0 Å². The molecule has 1 N–H and O–H groups in total. The first kappa shape index (κ1) is 15.3. The van der Waals surface area contributed by atoms with Gasteiger partial charge in [-0.15, -0.1) is 5.10 Å². The summed E-state index contributed by atoms with van der Waals surface area (Å²) in [4.78, 5) is 22.5. The predicted octanol–water partition coefficient (Wildman–Crippen LogP) is 0.660. The van der Waals surface area contributed by atoms with Gasteiger partial charge in [-0.05, 0) is 18.6 Å². The van der Waals surface area contributed by atoms with Crippen LogP contribution >= 0.6 is 0 Å². The van der Waals surface area contributed by atoms with Crippen LogP contribution in [0.1, 0.15) is 18.2 Å². The molecule has 1 atom stereocenters. The average Bonchev–Trinajstić information content (AvgIpc) is 2.60. The van der Waals surface area contributed by atoms with Crippen molar-refractivity contribution in [1.82, 2.24) is 25.1 Å². The number of fused-ring (bicyclic) bond motifs is 1. The van der Waals surface area contributed by atoms with Gasteiger partial charge in [-0.25, -0.2) is 9.97 Å². The van der Waals surface area contributed by atoms with Crippen molar-refractivity contribution >= 4 is 11.9 Å². The second-order valence-corrected chi connectivity index (χ2v) is 5.32. The third-order valence-electron chi connectivity index (χ3n) is 3.88. The van der Waals surface area contributed by atoms with Crippen LogP contribution in [-0.2, 0) is 17.8 Å². The fraction of sp³-hybridized carbons (Fsp3) is 0.400. The number of amides is 1. The number of hydrogen-bond donors (Lipinski definition) is 1. The largest absolute Gasteiger partial charge is 0.480 e. The summed E-state index contributed by atoms with van der Waals surface area (Å²) < 4.78 is 5.11. The van der Waals surface area contributed by atoms with Gasteiger partial charge in [-0.3, -0.25) is 15.0 Å². The summed E-state index contributed by atoms with van der Waals surface area (Å²) in [5.74, 6) is 0.670. The molecule has 8 nitrogen and oxygen atoms in total. The van der Waals surface area contributed by atoms with E-state index in [9.17, 15) is 4.79 Å². The van der Waals surface area contributed by atoms with Gasteiger partial charge < -0.3 is 4.74 Å². The molecule has 0 saturated carbocycles. The first-order chi connectivity index (χ1) is 11.2. The topological polar surface area (TPSA) is 93.1 Å². The minimum absolute atomic E-state index is 0.131. The summed E-state index contributed by atoms with van der Waals surface area (Å²) in [7, 11) is 1.56. The molecular formula is C15H18N6O2. The molecule has 0 radical (unpaired) electrons. The van der Waals surface area contributed by atoms with E-state index in [-0.39, 0.29) is 11.9 Å². The fourth-order valence-electron chi connectivity index (χ4n) is 2.50. The van der Waals surface area contributed by atoms with Gasteiger partial charge in [0.1, 0.15) is 0 Å². The third-order valence-corrected chi connectivity index (χ3v) is 3.88. The molecule has 2 aromatic heterocycles. The van der Waals surface area contributed by atoms with Crippen LogP contribution in [0.3, 0.4) is 0 Å². The number of anilines is 1. The van der Waals surface area contributed by atoms with Crippen molar-refractivity contribution in [2.24, 2.45) is 0 Å². The molecule has 0 bridgehead atoms. The van der Waals surface area contributed by atoms with E-state index in [0.717, 1.165) is 24.2 Å². The Kier molecular flexibility index (Phi) is 4.42. The van der Waals surface area contributed by atoms with Crippen molar-refractivity contribution in [1.29, 1.82) is 0 Å². The number of nitrogens with zero attached hydrogens (tertiary/aromatic N) is 5. The molecule has 0 fully saturated rings. The Bertz CT molecular complexity index is 694. The van der Waals surface area contributed by atoms with E-state index in [1.165, 1.54) is 0 Å². The van der Waals surface area contributed by atoms with Crippen LogP contribution in [0.4, 0.5) is 5.95 Å². The standard InChI is InChI=1S/C15H18N6O2/c1-10(14(22)18-15-16-5-3-6-17-15)21-7-4-12-11(9-21)8-13(23-2)20-19-12/h3,5-6,8,10H,4,7,9H2,1-2H3,(H,16,17,18,22). The van der Waals surface area contributed by atoms with E-state index in [1.54, 1.807) is 25.6 Å². The fourth-order valence-corrected chi connectivity index (χ4v) is 2.50. The molecule has 0 saturated heterocycles. The van der Waals surface area contributed by atoms with Crippen LogP contribution in [0.25, 0.3) is 0 Å². The summed E-state index contributed by atoms with van der Waals surface area (Å²) in [6.45, 7) is 3.25. The predicted molar refractivity (Wildman–Crippen MR) is 82.8 cm³/mol. The molecule has 120 valence electrons. The molecular weight excluding hydrogens is 296 g/mol. The van der Waals surface area contributed by atoms with Gasteiger partial charge in [0.2, 0.25) is 17.7 Å². The monoisotopic (exact) mass is 314 g/mol. The zero-order chi connectivity index (χ0) is 16.2. The second kappa shape index (κ2) is 6.66. The number of rotatable bonds is 4. The van der Waals surface area contributed by atoms with Crippen molar-refractivity contribution in [3.05, 3.63) is 35.8 Å². The Hall–Kier alpha value is -2.61. The van der Waals surface area contributed by atoms with Crippen molar-refractivity contribution in [3.63, 3.8) is 0 Å². The number of nitrogens with one attached hydrogen (secondary N) is 1. The van der Waals surface area contributed by atoms with Crippen LogP contribution in [0.5, 0.6) is 5.88 Å². The zero-order valence-electron chi connectivity index (χ0n) is 13.1. The van der Waals surface area contributed by atoms with E-state index < -0.39 is 0 Å². The van der Waals surface area contributed by atoms with Gasteiger partial charge in [0.15, 0.2) is 0 Å². The van der Waals surface area contributed by atoms with Gasteiger partial charge in [-0.1, -0.05) is 0 Å². The van der Waals surface area contributed by atoms with Crippen molar-refractivity contribution in [3.8, 4) is 5.88 Å². The molecule has 3 heterocycles. The Morgan fingerprint density at radius 3 is 2.87 bits per heavy atom. The van der Waals surface area contributed by atoms with Crippen LogP contribution < -0.4 is 10.1 Å². The molecule has 0 aromatic carbocycles. The highest BCUT2D eigenvalue weighted by atomic mass is 16.5. The first-order valence-corrected chi connectivity index (χ1v) is 7.39. The second-order valence-electron chi connectivity index (χ2n) is 5.32. The lowest BCUT2D eigenvalue weighted by Crippen LogP contribution is -2.45. The maximum Gasteiger partial charge on any atom is 0.243 e. The number of methoxy groups -OCH3 is 1. The number of hydrogen-bond acceptors (Lipinski definition) is 7. The molecule has 0 spiro atoms. The quantitative estimate of drug-likeness (QED) is 0.886. The Labute approximate surface area is 133 Å². The van der Waals surface area contributed by atoms with Crippen LogP contribution in [-0.4, -0.2) is 50.7 Å². The van der Waals surface area contributed by atoms with Gasteiger partial charge in [-0.2, -0.15) is 5.10 Å². The van der Waals surface area contributed by atoms with E-state index >= 15 is 0 Å². The zero-order valence-corrected chi connectivity index (χ0v) is 13.1. The molecule has 1 aliphatic heterocycles. The number of carbonyl (C=O) groups is 1. The minimum atomic E-state index is -0.300. The maximum absolute atomic E-state index is 12.4. The summed E-state index contributed by atoms with van der Waals surface area (Å²) >= 11 is 0. The van der Waals surface area contributed by atoms with Crippen molar-refractivity contribution < 1.29 is 9.53 Å².